The van der Waals surface area contributed by atoms with Gasteiger partial charge in [-0.25, -0.2) is 0 Å². The van der Waals surface area contributed by atoms with Crippen LogP contribution in [0.5, 0.6) is 0 Å². The van der Waals surface area contributed by atoms with Crippen LogP contribution >= 0.6 is 15.9 Å². The lowest BCUT2D eigenvalue weighted by atomic mass is 9.79. The van der Waals surface area contributed by atoms with Crippen molar-refractivity contribution in [2.75, 3.05) is 6.54 Å². The van der Waals surface area contributed by atoms with Crippen molar-refractivity contribution in [1.29, 1.82) is 0 Å². The second-order valence-electron chi connectivity index (χ2n) is 7.32. The molecule has 2 nitrogen and oxygen atoms in total. The molecule has 3 heteroatoms. The van der Waals surface area contributed by atoms with Crippen LogP contribution in [0.25, 0.3) is 0 Å². The van der Waals surface area contributed by atoms with Crippen LogP contribution < -0.4 is 5.32 Å². The van der Waals surface area contributed by atoms with E-state index in [-0.39, 0.29) is 11.2 Å². The molecule has 0 spiro atoms. The zero-order chi connectivity index (χ0) is 15.8. The number of benzene rings is 1. The number of hydrogen-bond donors (Lipinski definition) is 1. The predicted octanol–water partition coefficient (Wildman–Crippen LogP) is 5.00. The van der Waals surface area contributed by atoms with Gasteiger partial charge in [-0.05, 0) is 64.8 Å². The third-order valence-electron chi connectivity index (χ3n) is 4.53. The van der Waals surface area contributed by atoms with Crippen LogP contribution in [0.15, 0.2) is 22.7 Å². The molecule has 1 fully saturated rings. The lowest BCUT2D eigenvalue weighted by Gasteiger charge is -2.34. The molecular formula is C18H28BrNO. The van der Waals surface area contributed by atoms with Crippen LogP contribution in [0.1, 0.15) is 58.2 Å². The number of aryl methyl sites for hydroxylation is 1. The van der Waals surface area contributed by atoms with Crippen LogP contribution in [-0.4, -0.2) is 17.7 Å². The fourth-order valence-electron chi connectivity index (χ4n) is 3.64. The number of rotatable bonds is 4. The maximum absolute atomic E-state index is 6.30. The summed E-state index contributed by atoms with van der Waals surface area (Å²) in [5.74, 6) is 0.460. The van der Waals surface area contributed by atoms with Crippen molar-refractivity contribution in [3.63, 3.8) is 0 Å². The van der Waals surface area contributed by atoms with Gasteiger partial charge in [0.2, 0.25) is 0 Å². The van der Waals surface area contributed by atoms with E-state index in [9.17, 15) is 0 Å². The zero-order valence-electron chi connectivity index (χ0n) is 14.1. The molecule has 1 aliphatic rings. The summed E-state index contributed by atoms with van der Waals surface area (Å²) in [4.78, 5) is 0. The van der Waals surface area contributed by atoms with Crippen molar-refractivity contribution < 1.29 is 4.74 Å². The van der Waals surface area contributed by atoms with E-state index in [4.69, 9.17) is 4.74 Å². The highest BCUT2D eigenvalue weighted by Crippen LogP contribution is 2.47. The lowest BCUT2D eigenvalue weighted by molar-refractivity contribution is -0.0778. The third-order valence-corrected chi connectivity index (χ3v) is 5.38. The molecular weight excluding hydrogens is 326 g/mol. The molecule has 0 aliphatic carbocycles. The second kappa shape index (κ2) is 6.02. The van der Waals surface area contributed by atoms with Gasteiger partial charge in [0.1, 0.15) is 0 Å². The molecule has 21 heavy (non-hydrogen) atoms. The average molecular weight is 354 g/mol. The molecule has 1 heterocycles. The minimum absolute atomic E-state index is 0.0518. The Balaban J connectivity index is 2.36. The first-order valence-corrected chi connectivity index (χ1v) is 8.65. The van der Waals surface area contributed by atoms with E-state index in [0.29, 0.717) is 12.0 Å². The zero-order valence-corrected chi connectivity index (χ0v) is 15.7. The molecule has 0 bridgehead atoms. The summed E-state index contributed by atoms with van der Waals surface area (Å²) in [6.07, 6.45) is 1.07. The molecule has 2 rings (SSSR count). The monoisotopic (exact) mass is 353 g/mol. The van der Waals surface area contributed by atoms with Gasteiger partial charge in [-0.3, -0.25) is 0 Å². The van der Waals surface area contributed by atoms with Crippen molar-refractivity contribution in [2.24, 2.45) is 5.92 Å². The first kappa shape index (κ1) is 17.0. The van der Waals surface area contributed by atoms with Gasteiger partial charge >= 0.3 is 0 Å². The van der Waals surface area contributed by atoms with Gasteiger partial charge in [0.05, 0.1) is 11.2 Å². The normalized spacial score (nSPS) is 25.0. The summed E-state index contributed by atoms with van der Waals surface area (Å²) in [6, 6.07) is 7.01. The molecule has 2 unspecified atom stereocenters. The summed E-state index contributed by atoms with van der Waals surface area (Å²) in [6.45, 7) is 14.1. The summed E-state index contributed by atoms with van der Waals surface area (Å²) >= 11 is 3.67. The molecule has 1 N–H and O–H groups in total. The van der Waals surface area contributed by atoms with Gasteiger partial charge in [0.15, 0.2) is 0 Å². The molecule has 118 valence electrons. The van der Waals surface area contributed by atoms with E-state index in [2.05, 4.69) is 81.0 Å². The first-order valence-electron chi connectivity index (χ1n) is 7.86. The molecule has 0 amide bonds. The Kier molecular flexibility index (Phi) is 4.87. The molecule has 0 radical (unpaired) electrons. The summed E-state index contributed by atoms with van der Waals surface area (Å²) in [5.41, 5.74) is 2.45. The molecule has 1 saturated heterocycles. The van der Waals surface area contributed by atoms with Crippen molar-refractivity contribution in [1.82, 2.24) is 5.32 Å². The minimum atomic E-state index is -0.117. The summed E-state index contributed by atoms with van der Waals surface area (Å²) in [5, 5.41) is 3.68. The highest BCUT2D eigenvalue weighted by molar-refractivity contribution is 9.10. The van der Waals surface area contributed by atoms with Crippen molar-refractivity contribution in [2.45, 2.75) is 65.2 Å². The van der Waals surface area contributed by atoms with Gasteiger partial charge in [-0.15, -0.1) is 0 Å². The van der Waals surface area contributed by atoms with Crippen LogP contribution in [0.4, 0.5) is 0 Å². The second-order valence-corrected chi connectivity index (χ2v) is 8.17. The Bertz CT molecular complexity index is 510. The van der Waals surface area contributed by atoms with E-state index in [1.165, 1.54) is 15.6 Å². The van der Waals surface area contributed by atoms with Crippen LogP contribution in [0.3, 0.4) is 0 Å². The number of hydrogen-bond acceptors (Lipinski definition) is 2. The first-order chi connectivity index (χ1) is 9.66. The third kappa shape index (κ3) is 3.69. The molecule has 1 aromatic rings. The highest BCUT2D eigenvalue weighted by Gasteiger charge is 2.49. The number of halogens is 1. The van der Waals surface area contributed by atoms with E-state index in [1.807, 2.05) is 0 Å². The summed E-state index contributed by atoms with van der Waals surface area (Å²) < 4.78 is 7.48. The SMILES string of the molecule is CCNC(c1ccc(C)c(Br)c1)C1CC(C)(C)OC1(C)C. The van der Waals surface area contributed by atoms with Crippen LogP contribution in [-0.2, 0) is 4.74 Å². The Morgan fingerprint density at radius 2 is 2.00 bits per heavy atom. The fraction of sp³-hybridized carbons (Fsp3) is 0.667. The maximum atomic E-state index is 6.30. The Morgan fingerprint density at radius 3 is 2.48 bits per heavy atom. The lowest BCUT2D eigenvalue weighted by Crippen LogP contribution is -2.38. The van der Waals surface area contributed by atoms with Gasteiger partial charge < -0.3 is 10.1 Å². The van der Waals surface area contributed by atoms with E-state index in [0.717, 1.165) is 13.0 Å². The molecule has 0 aromatic heterocycles. The highest BCUT2D eigenvalue weighted by atomic mass is 79.9. The Morgan fingerprint density at radius 1 is 1.33 bits per heavy atom. The topological polar surface area (TPSA) is 21.3 Å². The van der Waals surface area contributed by atoms with Crippen molar-refractivity contribution in [3.05, 3.63) is 33.8 Å². The molecule has 1 aliphatic heterocycles. The molecule has 2 atom stereocenters. The van der Waals surface area contributed by atoms with Crippen molar-refractivity contribution >= 4 is 15.9 Å². The number of nitrogens with one attached hydrogen (secondary N) is 1. The van der Waals surface area contributed by atoms with E-state index < -0.39 is 0 Å². The van der Waals surface area contributed by atoms with Gasteiger partial charge in [-0.1, -0.05) is 35.0 Å². The largest absolute Gasteiger partial charge is 0.369 e. The maximum Gasteiger partial charge on any atom is 0.0681 e. The van der Waals surface area contributed by atoms with Crippen LogP contribution in [0, 0.1) is 12.8 Å². The van der Waals surface area contributed by atoms with Crippen LogP contribution in [0.2, 0.25) is 0 Å². The molecule has 0 saturated carbocycles. The number of ether oxygens (including phenoxy) is 1. The van der Waals surface area contributed by atoms with E-state index in [1.54, 1.807) is 0 Å². The molecule has 1 aromatic carbocycles. The standard InChI is InChI=1S/C18H28BrNO/c1-7-20-16(13-9-8-12(2)15(19)10-13)14-11-17(3,4)21-18(14,5)6/h8-10,14,16,20H,7,11H2,1-6H3. The van der Waals surface area contributed by atoms with Gasteiger partial charge in [0.25, 0.3) is 0 Å². The van der Waals surface area contributed by atoms with Gasteiger partial charge in [0, 0.05) is 16.4 Å². The predicted molar refractivity (Wildman–Crippen MR) is 92.6 cm³/mol. The Labute approximate surface area is 137 Å². The van der Waals surface area contributed by atoms with Crippen molar-refractivity contribution in [3.8, 4) is 0 Å². The summed E-state index contributed by atoms with van der Waals surface area (Å²) in [7, 11) is 0. The van der Waals surface area contributed by atoms with Gasteiger partial charge in [-0.2, -0.15) is 0 Å². The smallest absolute Gasteiger partial charge is 0.0681 e. The minimum Gasteiger partial charge on any atom is -0.369 e. The van der Waals surface area contributed by atoms with E-state index >= 15 is 0 Å². The quantitative estimate of drug-likeness (QED) is 0.821. The fourth-order valence-corrected chi connectivity index (χ4v) is 4.04. The Hall–Kier alpha value is -0.380. The average Bonchev–Trinajstić information content (AvgIpc) is 2.58.